The van der Waals surface area contributed by atoms with Crippen molar-refractivity contribution in [1.82, 2.24) is 0 Å². The summed E-state index contributed by atoms with van der Waals surface area (Å²) in [5.74, 6) is -2.22. The van der Waals surface area contributed by atoms with Gasteiger partial charge in [-0.05, 0) is 43.7 Å². The van der Waals surface area contributed by atoms with Crippen molar-refractivity contribution >= 4 is 23.7 Å². The Morgan fingerprint density at radius 1 is 0.692 bits per heavy atom. The Bertz CT molecular complexity index is 1070. The van der Waals surface area contributed by atoms with E-state index in [1.807, 2.05) is 0 Å². The van der Waals surface area contributed by atoms with Crippen molar-refractivity contribution in [3.05, 3.63) is 70.8 Å². The average molecular weight is 547 g/mol. The summed E-state index contributed by atoms with van der Waals surface area (Å²) in [6.07, 6.45) is -0.173. The van der Waals surface area contributed by atoms with Crippen LogP contribution in [0.15, 0.2) is 48.5 Å². The lowest BCUT2D eigenvalue weighted by atomic mass is 10.0. The first-order chi connectivity index (χ1) is 18.9. The molecular formula is C28H34O11. The molecule has 2 aromatic carbocycles. The minimum absolute atomic E-state index is 0.0257. The van der Waals surface area contributed by atoms with Crippen LogP contribution >= 0.6 is 0 Å². The first-order valence-electron chi connectivity index (χ1n) is 12.5. The van der Waals surface area contributed by atoms with Crippen LogP contribution in [-0.4, -0.2) is 92.9 Å². The number of aliphatic hydroxyl groups is 2. The summed E-state index contributed by atoms with van der Waals surface area (Å²) in [4.78, 5) is 49.7. The monoisotopic (exact) mass is 546 g/mol. The Hall–Kier alpha value is -3.64. The Balaban J connectivity index is 1.82. The van der Waals surface area contributed by atoms with Crippen molar-refractivity contribution in [3.63, 3.8) is 0 Å². The summed E-state index contributed by atoms with van der Waals surface area (Å²) in [6.45, 7) is 1.96. The minimum atomic E-state index is -0.781. The van der Waals surface area contributed by atoms with E-state index in [1.54, 1.807) is 25.1 Å². The fourth-order valence-electron chi connectivity index (χ4n) is 3.28. The standard InChI is InChI=1S/C28H34O11/c1-20(39-27(33)22-10-8-21(9-11-22)26(32)37-18-17-36-16-13-30)19-38-28(34)24-6-3-2-5-23(24)25(31)7-4-14-35-15-12-29/h2-3,5-6,8-11,20,29-30H,4,7,12-19H2,1H3. The zero-order valence-electron chi connectivity index (χ0n) is 21.8. The van der Waals surface area contributed by atoms with Crippen molar-refractivity contribution in [2.45, 2.75) is 25.9 Å². The van der Waals surface area contributed by atoms with Crippen molar-refractivity contribution in [2.75, 3.05) is 52.9 Å². The number of benzene rings is 2. The maximum atomic E-state index is 12.6. The molecule has 0 fully saturated rings. The number of ketones is 1. The number of hydrogen-bond donors (Lipinski definition) is 2. The van der Waals surface area contributed by atoms with Gasteiger partial charge in [0.25, 0.3) is 0 Å². The van der Waals surface area contributed by atoms with Gasteiger partial charge < -0.3 is 33.9 Å². The number of hydrogen-bond acceptors (Lipinski definition) is 11. The molecule has 0 amide bonds. The SMILES string of the molecule is CC(COC(=O)c1ccccc1C(=O)CCCOCCO)OC(=O)c1ccc(C(=O)OCCOCCO)cc1. The first kappa shape index (κ1) is 31.6. The third-order valence-corrected chi connectivity index (χ3v) is 5.19. The molecule has 0 aliphatic carbocycles. The highest BCUT2D eigenvalue weighted by Gasteiger charge is 2.20. The maximum Gasteiger partial charge on any atom is 0.339 e. The van der Waals surface area contributed by atoms with Crippen LogP contribution in [0.4, 0.5) is 0 Å². The normalized spacial score (nSPS) is 11.5. The van der Waals surface area contributed by atoms with E-state index in [0.717, 1.165) is 0 Å². The van der Waals surface area contributed by atoms with Crippen LogP contribution in [0.1, 0.15) is 61.2 Å². The second-order valence-electron chi connectivity index (χ2n) is 8.27. The molecule has 1 unspecified atom stereocenters. The number of Topliss-reactive ketones (excluding diaryl/α,β-unsaturated/α-hetero) is 1. The van der Waals surface area contributed by atoms with Crippen LogP contribution in [0.5, 0.6) is 0 Å². The smallest absolute Gasteiger partial charge is 0.339 e. The van der Waals surface area contributed by atoms with Crippen molar-refractivity contribution in [2.24, 2.45) is 0 Å². The van der Waals surface area contributed by atoms with Gasteiger partial charge in [-0.15, -0.1) is 0 Å². The van der Waals surface area contributed by atoms with E-state index in [0.29, 0.717) is 13.0 Å². The van der Waals surface area contributed by atoms with E-state index in [9.17, 15) is 19.2 Å². The maximum absolute atomic E-state index is 12.6. The lowest BCUT2D eigenvalue weighted by molar-refractivity contribution is 0.00442. The summed E-state index contributed by atoms with van der Waals surface area (Å²) < 4.78 is 25.8. The Morgan fingerprint density at radius 3 is 1.92 bits per heavy atom. The van der Waals surface area contributed by atoms with Crippen molar-refractivity contribution in [1.29, 1.82) is 0 Å². The van der Waals surface area contributed by atoms with E-state index < -0.39 is 24.0 Å². The van der Waals surface area contributed by atoms with Crippen LogP contribution in [0, 0.1) is 0 Å². The molecule has 2 aromatic rings. The van der Waals surface area contributed by atoms with E-state index >= 15 is 0 Å². The van der Waals surface area contributed by atoms with Gasteiger partial charge in [-0.25, -0.2) is 14.4 Å². The summed E-state index contributed by atoms with van der Waals surface area (Å²) in [5.41, 5.74) is 0.766. The molecule has 39 heavy (non-hydrogen) atoms. The molecule has 0 bridgehead atoms. The third kappa shape index (κ3) is 11.3. The highest BCUT2D eigenvalue weighted by Crippen LogP contribution is 2.15. The quantitative estimate of drug-likeness (QED) is 0.122. The molecule has 0 radical (unpaired) electrons. The Kier molecular flexibility index (Phi) is 14.4. The molecule has 0 saturated carbocycles. The summed E-state index contributed by atoms with van der Waals surface area (Å²) in [6, 6.07) is 12.0. The molecule has 0 spiro atoms. The molecule has 1 atom stereocenters. The van der Waals surface area contributed by atoms with Crippen LogP contribution in [-0.2, 0) is 23.7 Å². The number of carbonyl (C=O) groups excluding carboxylic acids is 4. The van der Waals surface area contributed by atoms with E-state index in [4.69, 9.17) is 33.9 Å². The predicted octanol–water partition coefficient (Wildman–Crippen LogP) is 2.23. The summed E-state index contributed by atoms with van der Waals surface area (Å²) in [5, 5.41) is 17.4. The highest BCUT2D eigenvalue weighted by atomic mass is 16.6. The van der Waals surface area contributed by atoms with Crippen molar-refractivity contribution < 1.29 is 53.1 Å². The van der Waals surface area contributed by atoms with Crippen LogP contribution in [0.3, 0.4) is 0 Å². The van der Waals surface area contributed by atoms with Crippen LogP contribution in [0.2, 0.25) is 0 Å². The molecule has 11 nitrogen and oxygen atoms in total. The number of aliphatic hydroxyl groups excluding tert-OH is 2. The van der Waals surface area contributed by atoms with Gasteiger partial charge in [-0.3, -0.25) is 4.79 Å². The molecule has 0 saturated heterocycles. The molecule has 0 aromatic heterocycles. The highest BCUT2D eigenvalue weighted by molar-refractivity contribution is 6.06. The first-order valence-corrected chi connectivity index (χ1v) is 12.5. The van der Waals surface area contributed by atoms with Gasteiger partial charge in [-0.1, -0.05) is 18.2 Å². The van der Waals surface area contributed by atoms with Gasteiger partial charge in [-0.2, -0.15) is 0 Å². The fourth-order valence-corrected chi connectivity index (χ4v) is 3.28. The predicted molar refractivity (Wildman–Crippen MR) is 138 cm³/mol. The molecule has 2 rings (SSSR count). The van der Waals surface area contributed by atoms with Crippen LogP contribution < -0.4 is 0 Å². The summed E-state index contributed by atoms with van der Waals surface area (Å²) in [7, 11) is 0. The van der Waals surface area contributed by atoms with Gasteiger partial charge in [0.1, 0.15) is 19.3 Å². The van der Waals surface area contributed by atoms with E-state index in [-0.39, 0.29) is 80.7 Å². The number of esters is 3. The number of ether oxygens (including phenoxy) is 5. The van der Waals surface area contributed by atoms with Gasteiger partial charge in [0.2, 0.25) is 0 Å². The minimum Gasteiger partial charge on any atom is -0.460 e. The largest absolute Gasteiger partial charge is 0.460 e. The molecule has 212 valence electrons. The van der Waals surface area contributed by atoms with Gasteiger partial charge >= 0.3 is 17.9 Å². The lowest BCUT2D eigenvalue weighted by Crippen LogP contribution is -2.23. The third-order valence-electron chi connectivity index (χ3n) is 5.19. The van der Waals surface area contributed by atoms with Gasteiger partial charge in [0, 0.05) is 18.6 Å². The molecule has 11 heteroatoms. The second-order valence-corrected chi connectivity index (χ2v) is 8.27. The average Bonchev–Trinajstić information content (AvgIpc) is 2.95. The molecular weight excluding hydrogens is 512 g/mol. The topological polar surface area (TPSA) is 155 Å². The molecule has 0 aliphatic rings. The number of rotatable bonds is 18. The van der Waals surface area contributed by atoms with Crippen LogP contribution in [0.25, 0.3) is 0 Å². The molecule has 2 N–H and O–H groups in total. The lowest BCUT2D eigenvalue weighted by Gasteiger charge is -2.15. The van der Waals surface area contributed by atoms with Gasteiger partial charge in [0.15, 0.2) is 5.78 Å². The molecule has 0 aliphatic heterocycles. The van der Waals surface area contributed by atoms with E-state index in [2.05, 4.69) is 0 Å². The fraction of sp³-hybridized carbons (Fsp3) is 0.429. The Labute approximate surface area is 226 Å². The zero-order valence-corrected chi connectivity index (χ0v) is 21.8. The zero-order chi connectivity index (χ0) is 28.5. The van der Waals surface area contributed by atoms with E-state index in [1.165, 1.54) is 30.3 Å². The molecule has 0 heterocycles. The Morgan fingerprint density at radius 2 is 1.28 bits per heavy atom. The number of carbonyl (C=O) groups is 4. The summed E-state index contributed by atoms with van der Waals surface area (Å²) >= 11 is 0. The van der Waals surface area contributed by atoms with Gasteiger partial charge in [0.05, 0.1) is 49.7 Å². The van der Waals surface area contributed by atoms with Crippen molar-refractivity contribution in [3.8, 4) is 0 Å². The second kappa shape index (κ2) is 17.8.